The van der Waals surface area contributed by atoms with Crippen LogP contribution in [0.2, 0.25) is 0 Å². The molecule has 1 aromatic rings. The van der Waals surface area contributed by atoms with Crippen LogP contribution >= 0.6 is 0 Å². The van der Waals surface area contributed by atoms with Gasteiger partial charge >= 0.3 is 0 Å². The fourth-order valence-electron chi connectivity index (χ4n) is 2.95. The number of amides is 1. The van der Waals surface area contributed by atoms with E-state index in [-0.39, 0.29) is 5.91 Å². The topological polar surface area (TPSA) is 91.1 Å². The summed E-state index contributed by atoms with van der Waals surface area (Å²) in [7, 11) is 3.97. The molecule has 0 atom stereocenters. The highest BCUT2D eigenvalue weighted by molar-refractivity contribution is 5.92. The van der Waals surface area contributed by atoms with Gasteiger partial charge in [0.1, 0.15) is 6.26 Å². The minimum absolute atomic E-state index is 0.137. The lowest BCUT2D eigenvalue weighted by atomic mass is 9.92. The SMILES string of the molecule is CN(C)CCOCC1(O)CCN(C(=O)c2coc(CNC3CC3)n2)CC1. The summed E-state index contributed by atoms with van der Waals surface area (Å²) in [5, 5.41) is 13.9. The zero-order chi connectivity index (χ0) is 18.6. The van der Waals surface area contributed by atoms with Crippen molar-refractivity contribution in [2.24, 2.45) is 0 Å². The van der Waals surface area contributed by atoms with Crippen molar-refractivity contribution in [3.8, 4) is 0 Å². The van der Waals surface area contributed by atoms with Crippen molar-refractivity contribution in [2.75, 3.05) is 46.9 Å². The third-order valence-electron chi connectivity index (χ3n) is 4.93. The van der Waals surface area contributed by atoms with Gasteiger partial charge in [-0.1, -0.05) is 0 Å². The Morgan fingerprint density at radius 1 is 1.46 bits per heavy atom. The van der Waals surface area contributed by atoms with E-state index < -0.39 is 5.60 Å². The highest BCUT2D eigenvalue weighted by atomic mass is 16.5. The monoisotopic (exact) mass is 366 g/mol. The van der Waals surface area contributed by atoms with Gasteiger partial charge in [0.05, 0.1) is 25.4 Å². The van der Waals surface area contributed by atoms with Gasteiger partial charge in [0.2, 0.25) is 5.89 Å². The molecule has 3 rings (SSSR count). The number of piperidine rings is 1. The molecular formula is C18H30N4O4. The van der Waals surface area contributed by atoms with Crippen LogP contribution in [-0.4, -0.2) is 84.4 Å². The maximum absolute atomic E-state index is 12.6. The summed E-state index contributed by atoms with van der Waals surface area (Å²) in [4.78, 5) is 20.6. The highest BCUT2D eigenvalue weighted by Crippen LogP contribution is 2.24. The molecule has 1 aliphatic heterocycles. The van der Waals surface area contributed by atoms with Gasteiger partial charge in [0.15, 0.2) is 5.69 Å². The second-order valence-electron chi connectivity index (χ2n) is 7.65. The zero-order valence-electron chi connectivity index (χ0n) is 15.7. The molecule has 1 amide bonds. The fraction of sp³-hybridized carbons (Fsp3) is 0.778. The second kappa shape index (κ2) is 8.47. The molecule has 1 aliphatic carbocycles. The number of nitrogens with one attached hydrogen (secondary N) is 1. The Hall–Kier alpha value is -1.48. The summed E-state index contributed by atoms with van der Waals surface area (Å²) in [5.41, 5.74) is -0.517. The number of carbonyl (C=O) groups excluding carboxylic acids is 1. The second-order valence-corrected chi connectivity index (χ2v) is 7.65. The van der Waals surface area contributed by atoms with Crippen molar-refractivity contribution < 1.29 is 19.1 Å². The van der Waals surface area contributed by atoms with Crippen LogP contribution < -0.4 is 5.32 Å². The fourth-order valence-corrected chi connectivity index (χ4v) is 2.95. The van der Waals surface area contributed by atoms with E-state index in [4.69, 9.17) is 9.15 Å². The largest absolute Gasteiger partial charge is 0.447 e. The number of aromatic nitrogens is 1. The Morgan fingerprint density at radius 3 is 2.85 bits per heavy atom. The molecule has 2 N–H and O–H groups in total. The van der Waals surface area contributed by atoms with Crippen molar-refractivity contribution in [1.29, 1.82) is 0 Å². The van der Waals surface area contributed by atoms with Crippen LogP contribution in [0.25, 0.3) is 0 Å². The van der Waals surface area contributed by atoms with Crippen LogP contribution in [0.15, 0.2) is 10.7 Å². The van der Waals surface area contributed by atoms with Crippen molar-refractivity contribution in [3.63, 3.8) is 0 Å². The first-order valence-electron chi connectivity index (χ1n) is 9.37. The number of oxazole rings is 1. The van der Waals surface area contributed by atoms with Gasteiger partial charge < -0.3 is 29.4 Å². The average molecular weight is 366 g/mol. The Labute approximate surface area is 154 Å². The summed E-state index contributed by atoms with van der Waals surface area (Å²) < 4.78 is 11.0. The lowest BCUT2D eigenvalue weighted by molar-refractivity contribution is -0.0785. The van der Waals surface area contributed by atoms with E-state index in [2.05, 4.69) is 10.3 Å². The molecule has 8 heteroatoms. The van der Waals surface area contributed by atoms with Crippen LogP contribution in [0.1, 0.15) is 42.1 Å². The molecule has 1 saturated carbocycles. The maximum Gasteiger partial charge on any atom is 0.275 e. The van der Waals surface area contributed by atoms with E-state index in [0.29, 0.717) is 63.3 Å². The molecule has 2 aliphatic rings. The van der Waals surface area contributed by atoms with Gasteiger partial charge in [-0.25, -0.2) is 4.98 Å². The van der Waals surface area contributed by atoms with Crippen molar-refractivity contribution in [3.05, 3.63) is 17.8 Å². The number of hydrogen-bond donors (Lipinski definition) is 2. The number of likely N-dealkylation sites (tertiary alicyclic amines) is 1. The van der Waals surface area contributed by atoms with E-state index in [0.717, 1.165) is 6.54 Å². The zero-order valence-corrected chi connectivity index (χ0v) is 15.7. The molecule has 2 fully saturated rings. The lowest BCUT2D eigenvalue weighted by Crippen LogP contribution is -2.49. The predicted molar refractivity (Wildman–Crippen MR) is 95.8 cm³/mol. The molecule has 0 aromatic carbocycles. The number of hydrogen-bond acceptors (Lipinski definition) is 7. The smallest absolute Gasteiger partial charge is 0.275 e. The quantitative estimate of drug-likeness (QED) is 0.614. The summed E-state index contributed by atoms with van der Waals surface area (Å²) >= 11 is 0. The molecule has 1 saturated heterocycles. The number of carbonyl (C=O) groups is 1. The molecular weight excluding hydrogens is 336 g/mol. The first kappa shape index (κ1) is 19.3. The van der Waals surface area contributed by atoms with E-state index in [1.807, 2.05) is 19.0 Å². The maximum atomic E-state index is 12.6. The van der Waals surface area contributed by atoms with Gasteiger partial charge in [-0.05, 0) is 39.8 Å². The predicted octanol–water partition coefficient (Wildman–Crippen LogP) is 0.472. The first-order chi connectivity index (χ1) is 12.5. The molecule has 2 heterocycles. The van der Waals surface area contributed by atoms with Crippen LogP contribution in [0.3, 0.4) is 0 Å². The van der Waals surface area contributed by atoms with Gasteiger partial charge in [-0.2, -0.15) is 0 Å². The van der Waals surface area contributed by atoms with Crippen LogP contribution in [0.4, 0.5) is 0 Å². The number of likely N-dealkylation sites (N-methyl/N-ethyl adjacent to an activating group) is 1. The Morgan fingerprint density at radius 2 is 2.19 bits per heavy atom. The van der Waals surface area contributed by atoms with Crippen molar-refractivity contribution in [1.82, 2.24) is 20.1 Å². The molecule has 26 heavy (non-hydrogen) atoms. The van der Waals surface area contributed by atoms with Crippen molar-refractivity contribution in [2.45, 2.75) is 43.9 Å². The standard InChI is InChI=1S/C18H30N4O4/c1-21(2)9-10-25-13-18(24)5-7-22(8-6-18)17(23)15-12-26-16(20-15)11-19-14-3-4-14/h12,14,19,24H,3-11,13H2,1-2H3. The third kappa shape index (κ3) is 5.51. The van der Waals surface area contributed by atoms with Crippen LogP contribution in [0.5, 0.6) is 0 Å². The van der Waals surface area contributed by atoms with Crippen LogP contribution in [-0.2, 0) is 11.3 Å². The first-order valence-corrected chi connectivity index (χ1v) is 9.37. The molecule has 0 spiro atoms. The molecule has 0 radical (unpaired) electrons. The van der Waals surface area contributed by atoms with E-state index in [9.17, 15) is 9.90 Å². The number of aliphatic hydroxyl groups is 1. The highest BCUT2D eigenvalue weighted by Gasteiger charge is 2.35. The summed E-state index contributed by atoms with van der Waals surface area (Å²) in [6, 6.07) is 0.570. The Balaban J connectivity index is 1.42. The lowest BCUT2D eigenvalue weighted by Gasteiger charge is -2.37. The summed E-state index contributed by atoms with van der Waals surface area (Å²) in [6.45, 7) is 3.27. The number of rotatable bonds is 9. The number of nitrogens with zero attached hydrogens (tertiary/aromatic N) is 3. The van der Waals surface area contributed by atoms with Gasteiger partial charge in [-0.3, -0.25) is 4.79 Å². The minimum Gasteiger partial charge on any atom is -0.447 e. The van der Waals surface area contributed by atoms with E-state index >= 15 is 0 Å². The van der Waals surface area contributed by atoms with Crippen molar-refractivity contribution >= 4 is 5.91 Å². The Kier molecular flexibility index (Phi) is 6.29. The minimum atomic E-state index is -0.855. The third-order valence-corrected chi connectivity index (χ3v) is 4.93. The molecule has 1 aromatic heterocycles. The Bertz CT molecular complexity index is 592. The normalized spacial score (nSPS) is 19.9. The van der Waals surface area contributed by atoms with Gasteiger partial charge in [0.25, 0.3) is 5.91 Å². The molecule has 0 bridgehead atoms. The molecule has 146 valence electrons. The average Bonchev–Trinajstić information content (AvgIpc) is 3.33. The van der Waals surface area contributed by atoms with E-state index in [1.54, 1.807) is 4.90 Å². The van der Waals surface area contributed by atoms with E-state index in [1.165, 1.54) is 19.1 Å². The van der Waals surface area contributed by atoms with Crippen LogP contribution in [0, 0.1) is 0 Å². The molecule has 8 nitrogen and oxygen atoms in total. The summed E-state index contributed by atoms with van der Waals surface area (Å²) in [5.74, 6) is 0.407. The van der Waals surface area contributed by atoms with Gasteiger partial charge in [-0.15, -0.1) is 0 Å². The van der Waals surface area contributed by atoms with Gasteiger partial charge in [0, 0.05) is 25.7 Å². The number of ether oxygens (including phenoxy) is 1. The summed E-state index contributed by atoms with van der Waals surface area (Å²) in [6.07, 6.45) is 4.84. The molecule has 0 unspecified atom stereocenters.